The molecule has 2 nitrogen and oxygen atoms in total. The van der Waals surface area contributed by atoms with Gasteiger partial charge in [-0.05, 0) is 35.9 Å². The van der Waals surface area contributed by atoms with Gasteiger partial charge >= 0.3 is 0 Å². The van der Waals surface area contributed by atoms with Gasteiger partial charge in [0, 0.05) is 22.0 Å². The number of thiol groups is 1. The van der Waals surface area contributed by atoms with Crippen molar-refractivity contribution in [3.8, 4) is 0 Å². The fourth-order valence-corrected chi connectivity index (χ4v) is 2.02. The minimum Gasteiger partial charge on any atom is -0.348 e. The summed E-state index contributed by atoms with van der Waals surface area (Å²) in [7, 11) is 0. The average Bonchev–Trinajstić information content (AvgIpc) is 2.36. The van der Waals surface area contributed by atoms with Crippen molar-refractivity contribution < 1.29 is 4.79 Å². The Hall–Kier alpha value is -1.45. The summed E-state index contributed by atoms with van der Waals surface area (Å²) in [6.07, 6.45) is 0. The molecule has 2 aromatic carbocycles. The third-order valence-electron chi connectivity index (χ3n) is 2.45. The molecule has 2 aromatic rings. The Balaban J connectivity index is 2.00. The molecule has 0 fully saturated rings. The molecular weight excluding hydrogens is 266 g/mol. The summed E-state index contributed by atoms with van der Waals surface area (Å²) in [6.45, 7) is 0.455. The molecule has 0 spiro atoms. The van der Waals surface area contributed by atoms with Gasteiger partial charge in [-0.3, -0.25) is 4.79 Å². The number of amides is 1. The Kier molecular flexibility index (Phi) is 4.28. The van der Waals surface area contributed by atoms with Gasteiger partial charge in [0.2, 0.25) is 0 Å². The molecule has 0 heterocycles. The highest BCUT2D eigenvalue weighted by Gasteiger charge is 2.05. The summed E-state index contributed by atoms with van der Waals surface area (Å²) in [5.41, 5.74) is 1.57. The largest absolute Gasteiger partial charge is 0.348 e. The molecule has 0 bridgehead atoms. The van der Waals surface area contributed by atoms with Crippen LogP contribution in [0.4, 0.5) is 0 Å². The van der Waals surface area contributed by atoms with Gasteiger partial charge < -0.3 is 5.32 Å². The fourth-order valence-electron chi connectivity index (χ4n) is 1.58. The van der Waals surface area contributed by atoms with E-state index < -0.39 is 0 Å². The van der Waals surface area contributed by atoms with E-state index in [2.05, 4.69) is 17.9 Å². The van der Waals surface area contributed by atoms with E-state index in [-0.39, 0.29) is 5.91 Å². The van der Waals surface area contributed by atoms with Crippen molar-refractivity contribution in [1.82, 2.24) is 5.32 Å². The molecule has 4 heteroatoms. The summed E-state index contributed by atoms with van der Waals surface area (Å²) in [4.78, 5) is 12.6. The van der Waals surface area contributed by atoms with Crippen LogP contribution < -0.4 is 5.32 Å². The summed E-state index contributed by atoms with van der Waals surface area (Å²) in [6, 6.07) is 14.5. The third kappa shape index (κ3) is 3.52. The number of hydrogen-bond acceptors (Lipinski definition) is 2. The summed E-state index contributed by atoms with van der Waals surface area (Å²) >= 11 is 10.1. The number of nitrogens with one attached hydrogen (secondary N) is 1. The van der Waals surface area contributed by atoms with Crippen LogP contribution in [0.5, 0.6) is 0 Å². The van der Waals surface area contributed by atoms with Crippen LogP contribution in [-0.2, 0) is 6.54 Å². The molecule has 0 atom stereocenters. The van der Waals surface area contributed by atoms with Crippen molar-refractivity contribution in [3.63, 3.8) is 0 Å². The molecule has 1 amide bonds. The topological polar surface area (TPSA) is 29.1 Å². The van der Waals surface area contributed by atoms with Gasteiger partial charge in [-0.1, -0.05) is 29.8 Å². The maximum atomic E-state index is 11.9. The molecule has 0 aliphatic carbocycles. The predicted molar refractivity (Wildman–Crippen MR) is 76.3 cm³/mol. The monoisotopic (exact) mass is 277 g/mol. The molecule has 18 heavy (non-hydrogen) atoms. The number of carbonyl (C=O) groups excluding carboxylic acids is 1. The van der Waals surface area contributed by atoms with E-state index in [1.165, 1.54) is 0 Å². The molecular formula is C14H12ClNOS. The first kappa shape index (κ1) is 13.0. The van der Waals surface area contributed by atoms with E-state index in [0.717, 1.165) is 10.5 Å². The van der Waals surface area contributed by atoms with Gasteiger partial charge in [0.05, 0.1) is 0 Å². The molecule has 0 radical (unpaired) electrons. The summed E-state index contributed by atoms with van der Waals surface area (Å²) in [5.74, 6) is -0.120. The second-order valence-corrected chi connectivity index (χ2v) is 4.82. The van der Waals surface area contributed by atoms with Crippen molar-refractivity contribution >= 4 is 30.1 Å². The zero-order valence-electron chi connectivity index (χ0n) is 9.56. The highest BCUT2D eigenvalue weighted by molar-refractivity contribution is 7.80. The normalized spacial score (nSPS) is 10.1. The van der Waals surface area contributed by atoms with Gasteiger partial charge in [-0.25, -0.2) is 0 Å². The minimum atomic E-state index is -0.120. The van der Waals surface area contributed by atoms with E-state index in [9.17, 15) is 4.79 Å². The van der Waals surface area contributed by atoms with Crippen LogP contribution >= 0.6 is 24.2 Å². The van der Waals surface area contributed by atoms with Gasteiger partial charge in [-0.2, -0.15) is 0 Å². The number of carbonyl (C=O) groups is 1. The van der Waals surface area contributed by atoms with E-state index >= 15 is 0 Å². The first-order valence-corrected chi connectivity index (χ1v) is 6.29. The van der Waals surface area contributed by atoms with Crippen LogP contribution in [-0.4, -0.2) is 5.91 Å². The van der Waals surface area contributed by atoms with Gasteiger partial charge in [0.15, 0.2) is 0 Å². The van der Waals surface area contributed by atoms with Crippen molar-refractivity contribution in [2.24, 2.45) is 0 Å². The highest BCUT2D eigenvalue weighted by Crippen LogP contribution is 2.11. The summed E-state index contributed by atoms with van der Waals surface area (Å²) < 4.78 is 0. The predicted octanol–water partition coefficient (Wildman–Crippen LogP) is 3.56. The van der Waals surface area contributed by atoms with Crippen LogP contribution in [0.1, 0.15) is 15.9 Å². The Bertz CT molecular complexity index is 571. The molecule has 0 aromatic heterocycles. The molecule has 0 saturated carbocycles. The number of halogens is 1. The lowest BCUT2D eigenvalue weighted by Crippen LogP contribution is -2.22. The zero-order chi connectivity index (χ0) is 13.0. The number of benzene rings is 2. The van der Waals surface area contributed by atoms with Crippen LogP contribution in [0.2, 0.25) is 5.02 Å². The third-order valence-corrected chi connectivity index (χ3v) is 2.96. The van der Waals surface area contributed by atoms with Crippen LogP contribution in [0.25, 0.3) is 0 Å². The zero-order valence-corrected chi connectivity index (χ0v) is 11.2. The Morgan fingerprint density at radius 1 is 1.17 bits per heavy atom. The second-order valence-electron chi connectivity index (χ2n) is 3.86. The van der Waals surface area contributed by atoms with Gasteiger partial charge in [0.25, 0.3) is 5.91 Å². The first-order valence-electron chi connectivity index (χ1n) is 5.47. The average molecular weight is 278 g/mol. The van der Waals surface area contributed by atoms with E-state index in [4.69, 9.17) is 11.6 Å². The lowest BCUT2D eigenvalue weighted by molar-refractivity contribution is 0.0950. The van der Waals surface area contributed by atoms with Crippen molar-refractivity contribution in [3.05, 3.63) is 64.7 Å². The SMILES string of the molecule is O=C(NCc1cccc(Cl)c1)c1cccc(S)c1. The molecule has 0 aliphatic rings. The minimum absolute atomic E-state index is 0.120. The highest BCUT2D eigenvalue weighted by atomic mass is 35.5. The van der Waals surface area contributed by atoms with Crippen LogP contribution in [0.3, 0.4) is 0 Å². The van der Waals surface area contributed by atoms with Crippen LogP contribution in [0.15, 0.2) is 53.4 Å². The lowest BCUT2D eigenvalue weighted by Gasteiger charge is -2.06. The van der Waals surface area contributed by atoms with E-state index in [0.29, 0.717) is 17.1 Å². The standard InChI is InChI=1S/C14H12ClNOS/c15-12-5-1-3-10(7-12)9-16-14(17)11-4-2-6-13(18)8-11/h1-8,18H,9H2,(H,16,17). The smallest absolute Gasteiger partial charge is 0.251 e. The molecule has 0 aliphatic heterocycles. The Labute approximate surface area is 116 Å². The van der Waals surface area contributed by atoms with E-state index in [1.807, 2.05) is 24.3 Å². The number of hydrogen-bond donors (Lipinski definition) is 2. The Morgan fingerprint density at radius 2 is 1.94 bits per heavy atom. The molecule has 1 N–H and O–H groups in total. The quantitative estimate of drug-likeness (QED) is 0.826. The maximum Gasteiger partial charge on any atom is 0.251 e. The second kappa shape index (κ2) is 5.94. The van der Waals surface area contributed by atoms with Crippen molar-refractivity contribution in [2.75, 3.05) is 0 Å². The van der Waals surface area contributed by atoms with E-state index in [1.54, 1.807) is 24.3 Å². The van der Waals surface area contributed by atoms with Crippen LogP contribution in [0, 0.1) is 0 Å². The van der Waals surface area contributed by atoms with Gasteiger partial charge in [0.1, 0.15) is 0 Å². The fraction of sp³-hybridized carbons (Fsp3) is 0.0714. The molecule has 92 valence electrons. The summed E-state index contributed by atoms with van der Waals surface area (Å²) in [5, 5.41) is 3.50. The maximum absolute atomic E-state index is 11.9. The molecule has 2 rings (SSSR count). The number of rotatable bonds is 3. The lowest BCUT2D eigenvalue weighted by atomic mass is 10.2. The molecule has 0 saturated heterocycles. The van der Waals surface area contributed by atoms with Crippen molar-refractivity contribution in [1.29, 1.82) is 0 Å². The van der Waals surface area contributed by atoms with Gasteiger partial charge in [-0.15, -0.1) is 12.6 Å². The first-order chi connectivity index (χ1) is 8.65. The van der Waals surface area contributed by atoms with Crippen molar-refractivity contribution in [2.45, 2.75) is 11.4 Å². The Morgan fingerprint density at radius 3 is 2.67 bits per heavy atom. The molecule has 0 unspecified atom stereocenters.